The molecule has 3 aromatic carbocycles. The summed E-state index contributed by atoms with van der Waals surface area (Å²) in [7, 11) is 0. The molecule has 0 radical (unpaired) electrons. The number of unbranched alkanes of at least 4 members (excludes halogenated alkanes) is 39. The molecule has 18 nitrogen and oxygen atoms in total. The van der Waals surface area contributed by atoms with Gasteiger partial charge in [-0.25, -0.2) is 15.0 Å². The summed E-state index contributed by atoms with van der Waals surface area (Å²) < 4.78 is 4.26. The number of nitrogens with zero attached hydrogens (tertiary/aromatic N) is 6. The molecule has 3 aromatic heterocycles. The van der Waals surface area contributed by atoms with Crippen LogP contribution < -0.4 is 69.8 Å². The first-order valence-corrected chi connectivity index (χ1v) is 54.3. The number of benzene rings is 3. The molecule has 0 unspecified atom stereocenters. The second kappa shape index (κ2) is 89.2. The fraction of sp³-hybridized carbons (Fsp3) is 0.757. The number of quaternary nitrogens is 3. The van der Waals surface area contributed by atoms with E-state index in [1.807, 2.05) is 36.4 Å². The van der Waals surface area contributed by atoms with Crippen molar-refractivity contribution in [1.29, 1.82) is 0 Å². The number of para-hydroxylation sites is 6. The Hall–Kier alpha value is -5.76. The molecule has 21 heteroatoms. The zero-order valence-corrected chi connectivity index (χ0v) is 89.8. The van der Waals surface area contributed by atoms with Crippen molar-refractivity contribution in [1.82, 2.24) is 45.9 Å². The number of fused-ring (bicyclic) bond motifs is 3. The third kappa shape index (κ3) is 62.2. The second-order valence-corrected chi connectivity index (χ2v) is 37.6. The minimum Gasteiger partial charge on any atom is -1.00 e. The minimum atomic E-state index is -0.440. The molecule has 0 aliphatic heterocycles. The molecular weight excluding hydrogens is 1700 g/mol. The van der Waals surface area contributed by atoms with Crippen LogP contribution in [0.15, 0.2) is 87.2 Å². The van der Waals surface area contributed by atoms with Gasteiger partial charge >= 0.3 is 0 Å². The minimum absolute atomic E-state index is 0. The second-order valence-electron chi connectivity index (χ2n) is 37.6. The van der Waals surface area contributed by atoms with Crippen LogP contribution in [0.25, 0.3) is 33.1 Å². The summed E-state index contributed by atoms with van der Waals surface area (Å²) in [5, 5.41) is 8.42. The maximum atomic E-state index is 12.2. The van der Waals surface area contributed by atoms with Gasteiger partial charge in [0.2, 0.25) is 0 Å². The first-order valence-electron chi connectivity index (χ1n) is 54.3. The molecule has 0 spiro atoms. The highest BCUT2D eigenvalue weighted by Gasteiger charge is 2.28. The monoisotopic (exact) mass is 1900 g/mol. The highest BCUT2D eigenvalue weighted by atomic mass is 35.5. The van der Waals surface area contributed by atoms with Gasteiger partial charge in [-0.15, -0.1) is 0 Å². The fourth-order valence-electron chi connectivity index (χ4n) is 17.2. The Labute approximate surface area is 826 Å². The van der Waals surface area contributed by atoms with Gasteiger partial charge in [-0.05, 0) is 133 Å². The summed E-state index contributed by atoms with van der Waals surface area (Å²) in [5.74, 6) is -1.19. The molecule has 6 rings (SSSR count). The number of amides is 3. The highest BCUT2D eigenvalue weighted by Crippen LogP contribution is 2.22. The summed E-state index contributed by atoms with van der Waals surface area (Å²) in [6.07, 6.45) is 70.8. The van der Waals surface area contributed by atoms with Crippen LogP contribution in [0.3, 0.4) is 0 Å². The van der Waals surface area contributed by atoms with Gasteiger partial charge in [-0.3, -0.25) is 28.8 Å². The molecule has 0 aliphatic carbocycles. The van der Waals surface area contributed by atoms with E-state index < -0.39 is 34.4 Å². The number of aromatic amines is 3. The number of nitrogens with one attached hydrogen (secondary N) is 6. The number of H-pyrrole nitrogens is 3. The quantitative estimate of drug-likeness (QED) is 0.0158. The van der Waals surface area contributed by atoms with Crippen molar-refractivity contribution in [3.05, 3.63) is 121 Å². The van der Waals surface area contributed by atoms with Crippen LogP contribution in [0.5, 0.6) is 0 Å². The lowest BCUT2D eigenvalue weighted by molar-refractivity contribution is -0.929. The first-order chi connectivity index (χ1) is 62.9. The third-order valence-corrected chi connectivity index (χ3v) is 25.7. The standard InChI is InChI=1S/3C21H31N3O2.3C16H36N.3ClH/c3*1-2-3-4-5-6-7-8-9-10-13-16-22-20(25)19-21(26)24-18-15-12-11-14-17(18)23-19;3*1-5-9-13-17(14-10-6-2,15-11-7-3)16-12-8-4;;;/h3*11-12,14-15H,2-10,13,16H2,1H3,(H,22,25)(H,24,26);3*5-16H2,1-4H3;3*1H/q;;;3*+1;;;/p-3. The van der Waals surface area contributed by atoms with E-state index in [-0.39, 0.29) is 54.3 Å². The molecule has 3 heterocycles. The van der Waals surface area contributed by atoms with E-state index >= 15 is 0 Å². The lowest BCUT2D eigenvalue weighted by atomic mass is 10.1. The molecule has 6 N–H and O–H groups in total. The van der Waals surface area contributed by atoms with Gasteiger partial charge in [0.25, 0.3) is 34.4 Å². The zero-order chi connectivity index (χ0) is 94.8. The highest BCUT2D eigenvalue weighted by molar-refractivity contribution is 5.95. The Morgan fingerprint density at radius 1 is 0.220 bits per heavy atom. The van der Waals surface area contributed by atoms with E-state index in [0.29, 0.717) is 52.7 Å². The molecule has 132 heavy (non-hydrogen) atoms. The van der Waals surface area contributed by atoms with Crippen LogP contribution in [-0.2, 0) is 0 Å². The van der Waals surface area contributed by atoms with Gasteiger partial charge in [-0.1, -0.05) is 391 Å². The van der Waals surface area contributed by atoms with Crippen molar-refractivity contribution in [2.45, 2.75) is 451 Å². The van der Waals surface area contributed by atoms with E-state index in [1.54, 1.807) is 36.4 Å². The van der Waals surface area contributed by atoms with Crippen LogP contribution in [0, 0.1) is 0 Å². The van der Waals surface area contributed by atoms with Crippen LogP contribution in [0.4, 0.5) is 0 Å². The Kier molecular flexibility index (Phi) is 88.1. The maximum Gasteiger partial charge on any atom is 0.280 e. The Balaban J connectivity index is -0.00000152. The molecular formula is C111H201Cl3N12O6. The van der Waals surface area contributed by atoms with Crippen molar-refractivity contribution in [3.8, 4) is 0 Å². The molecule has 0 atom stereocenters. The molecule has 3 amide bonds. The number of hydrogen-bond donors (Lipinski definition) is 6. The van der Waals surface area contributed by atoms with E-state index in [1.165, 1.54) is 400 Å². The SMILES string of the molecule is CCCCCCCCCCCCNC(=O)c1nc2ccccc2[nH]c1=O.CCCCCCCCCCCCNC(=O)c1nc2ccccc2[nH]c1=O.CCCCCCCCCCCCNC(=O)c1nc2ccccc2[nH]c1=O.CCCC[N+](CCCC)(CCCC)CCCC.CCCC[N+](CCCC)(CCCC)CCCC.CCCC[N+](CCCC)(CCCC)CCCC.[Cl-].[Cl-].[Cl-]. The van der Waals surface area contributed by atoms with Gasteiger partial charge in [0.05, 0.1) is 112 Å². The van der Waals surface area contributed by atoms with Crippen LogP contribution in [0.1, 0.15) is 482 Å². The van der Waals surface area contributed by atoms with E-state index in [2.05, 4.69) is 150 Å². The van der Waals surface area contributed by atoms with Crippen LogP contribution >= 0.6 is 0 Å². The summed E-state index contributed by atoms with van der Waals surface area (Å²) in [5.41, 5.74) is 2.29. The van der Waals surface area contributed by atoms with E-state index in [9.17, 15) is 28.8 Å². The molecule has 0 saturated carbocycles. The van der Waals surface area contributed by atoms with Gasteiger partial charge in [0.1, 0.15) is 0 Å². The lowest BCUT2D eigenvalue weighted by Gasteiger charge is -2.39. The fourth-order valence-corrected chi connectivity index (χ4v) is 17.2. The number of halogens is 3. The van der Waals surface area contributed by atoms with Crippen molar-refractivity contribution >= 4 is 50.8 Å². The van der Waals surface area contributed by atoms with Crippen LogP contribution in [-0.4, -0.2) is 159 Å². The molecule has 0 bridgehead atoms. The Morgan fingerprint density at radius 3 is 0.523 bits per heavy atom. The lowest BCUT2D eigenvalue weighted by Crippen LogP contribution is -3.00. The molecule has 0 saturated heterocycles. The smallest absolute Gasteiger partial charge is 0.280 e. The molecule has 0 fully saturated rings. The third-order valence-electron chi connectivity index (χ3n) is 25.7. The van der Waals surface area contributed by atoms with Crippen molar-refractivity contribution < 1.29 is 65.1 Å². The summed E-state index contributed by atoms with van der Waals surface area (Å²) >= 11 is 0. The molecule has 762 valence electrons. The van der Waals surface area contributed by atoms with Crippen molar-refractivity contribution in [2.75, 3.05) is 98.2 Å². The van der Waals surface area contributed by atoms with Gasteiger partial charge in [0, 0.05) is 19.6 Å². The summed E-state index contributed by atoms with van der Waals surface area (Å²) in [6.45, 7) is 53.5. The van der Waals surface area contributed by atoms with Crippen LogP contribution in [0.2, 0.25) is 0 Å². The number of carbonyl (C=O) groups excluding carboxylic acids is 3. The normalized spacial score (nSPS) is 11.1. The molecule has 0 aliphatic rings. The number of hydrogen-bond acceptors (Lipinski definition) is 9. The Morgan fingerprint density at radius 2 is 0.364 bits per heavy atom. The largest absolute Gasteiger partial charge is 1.00 e. The predicted octanol–water partition coefficient (Wildman–Crippen LogP) is 19.7. The topological polar surface area (TPSA) is 225 Å². The molecule has 6 aromatic rings. The first kappa shape index (κ1) is 130. The predicted molar refractivity (Wildman–Crippen MR) is 558 cm³/mol. The van der Waals surface area contributed by atoms with E-state index in [0.717, 1.165) is 38.5 Å². The van der Waals surface area contributed by atoms with E-state index in [4.69, 9.17) is 0 Å². The van der Waals surface area contributed by atoms with Gasteiger partial charge < -0.3 is 81.6 Å². The maximum absolute atomic E-state index is 12.2. The van der Waals surface area contributed by atoms with Crippen molar-refractivity contribution in [3.63, 3.8) is 0 Å². The average molecular weight is 1910 g/mol. The van der Waals surface area contributed by atoms with Gasteiger partial charge in [0.15, 0.2) is 17.1 Å². The average Bonchev–Trinajstić information content (AvgIpc) is 0.820. The zero-order valence-electron chi connectivity index (χ0n) is 87.5. The number of carbonyl (C=O) groups is 3. The van der Waals surface area contributed by atoms with Crippen molar-refractivity contribution in [2.24, 2.45) is 0 Å². The Bertz CT molecular complexity index is 3350. The number of aromatic nitrogens is 6. The summed E-state index contributed by atoms with van der Waals surface area (Å²) in [6, 6.07) is 21.6. The van der Waals surface area contributed by atoms with Gasteiger partial charge in [-0.2, -0.15) is 0 Å². The summed E-state index contributed by atoms with van der Waals surface area (Å²) in [4.78, 5) is 93.2. The number of rotatable bonds is 72.